The molecule has 0 atom stereocenters. The second-order valence-corrected chi connectivity index (χ2v) is 6.04. The van der Waals surface area contributed by atoms with Crippen LogP contribution in [0.25, 0.3) is 0 Å². The molecule has 0 spiro atoms. The quantitative estimate of drug-likeness (QED) is 0.503. The molecule has 0 aliphatic heterocycles. The van der Waals surface area contributed by atoms with Crippen LogP contribution in [0.1, 0.15) is 50.3 Å². The van der Waals surface area contributed by atoms with Crippen molar-refractivity contribution in [3.8, 4) is 0 Å². The van der Waals surface area contributed by atoms with E-state index in [1.165, 1.54) is 0 Å². The van der Waals surface area contributed by atoms with Gasteiger partial charge < -0.3 is 5.73 Å². The molecule has 4 nitrogen and oxygen atoms in total. The predicted molar refractivity (Wildman–Crippen MR) is 78.5 cm³/mol. The molecule has 106 valence electrons. The number of aryl methyl sites for hydroxylation is 1. The number of benzene rings is 1. The summed E-state index contributed by atoms with van der Waals surface area (Å²) in [4.78, 5) is 10.9. The van der Waals surface area contributed by atoms with Crippen molar-refractivity contribution in [3.05, 3.63) is 38.9 Å². The fourth-order valence-electron chi connectivity index (χ4n) is 2.34. The topological polar surface area (TPSA) is 69.2 Å². The van der Waals surface area contributed by atoms with Crippen molar-refractivity contribution < 1.29 is 4.92 Å². The van der Waals surface area contributed by atoms with Gasteiger partial charge in [0.05, 0.1) is 4.92 Å². The molecule has 2 N–H and O–H groups in total. The Hall–Kier alpha value is -1.42. The minimum atomic E-state index is -0.281. The Morgan fingerprint density at radius 2 is 1.89 bits per heavy atom. The molecule has 4 heteroatoms. The Kier molecular flexibility index (Phi) is 5.06. The van der Waals surface area contributed by atoms with E-state index in [4.69, 9.17) is 5.73 Å². The minimum absolute atomic E-state index is 0.0846. The van der Waals surface area contributed by atoms with Crippen molar-refractivity contribution in [2.75, 3.05) is 6.54 Å². The Labute approximate surface area is 115 Å². The first-order valence-electron chi connectivity index (χ1n) is 6.76. The highest BCUT2D eigenvalue weighted by molar-refractivity contribution is 5.50. The fourth-order valence-corrected chi connectivity index (χ4v) is 2.34. The van der Waals surface area contributed by atoms with Crippen LogP contribution in [0.5, 0.6) is 0 Å². The molecule has 0 amide bonds. The molecular weight excluding hydrogens is 240 g/mol. The summed E-state index contributed by atoms with van der Waals surface area (Å²) in [6, 6.07) is 3.82. The molecule has 0 heterocycles. The number of hydrogen-bond donors (Lipinski definition) is 1. The molecular formula is C15H24N2O2. The molecule has 0 unspecified atom stereocenters. The standard InChI is InChI=1S/C15H24N2O2/c1-11-13(15(2,3)4)9-12(7-5-6-8-16)10-14(11)17(18)19/h9-10H,5-8,16H2,1-4H3. The van der Waals surface area contributed by atoms with E-state index in [1.807, 2.05) is 6.92 Å². The molecule has 0 aliphatic carbocycles. The van der Waals surface area contributed by atoms with Crippen LogP contribution >= 0.6 is 0 Å². The van der Waals surface area contributed by atoms with Gasteiger partial charge in [0.15, 0.2) is 0 Å². The number of nitrogens with two attached hydrogens (primary N) is 1. The van der Waals surface area contributed by atoms with Crippen LogP contribution in [0.15, 0.2) is 12.1 Å². The lowest BCUT2D eigenvalue weighted by Crippen LogP contribution is -2.15. The van der Waals surface area contributed by atoms with Gasteiger partial charge in [0.2, 0.25) is 0 Å². The van der Waals surface area contributed by atoms with E-state index >= 15 is 0 Å². The largest absolute Gasteiger partial charge is 0.330 e. The van der Waals surface area contributed by atoms with E-state index in [0.717, 1.165) is 36.0 Å². The third kappa shape index (κ3) is 4.03. The van der Waals surface area contributed by atoms with Crippen LogP contribution in [0, 0.1) is 17.0 Å². The SMILES string of the molecule is Cc1c([N+](=O)[O-])cc(CCCCN)cc1C(C)(C)C. The van der Waals surface area contributed by atoms with Gasteiger partial charge in [-0.3, -0.25) is 10.1 Å². The zero-order valence-electron chi connectivity index (χ0n) is 12.3. The number of unbranched alkanes of at least 4 members (excludes halogenated alkanes) is 1. The van der Waals surface area contributed by atoms with Crippen molar-refractivity contribution in [1.29, 1.82) is 0 Å². The minimum Gasteiger partial charge on any atom is -0.330 e. The van der Waals surface area contributed by atoms with Gasteiger partial charge in [-0.1, -0.05) is 26.8 Å². The van der Waals surface area contributed by atoms with Crippen LogP contribution < -0.4 is 5.73 Å². The van der Waals surface area contributed by atoms with E-state index < -0.39 is 0 Å². The molecule has 0 saturated carbocycles. The molecule has 0 aromatic heterocycles. The molecule has 1 rings (SSSR count). The maximum atomic E-state index is 11.2. The molecule has 0 bridgehead atoms. The van der Waals surface area contributed by atoms with E-state index in [9.17, 15) is 10.1 Å². The second kappa shape index (κ2) is 6.15. The summed E-state index contributed by atoms with van der Waals surface area (Å²) in [5, 5.41) is 11.2. The summed E-state index contributed by atoms with van der Waals surface area (Å²) in [5.74, 6) is 0. The number of hydrogen-bond acceptors (Lipinski definition) is 3. The second-order valence-electron chi connectivity index (χ2n) is 6.04. The maximum Gasteiger partial charge on any atom is 0.272 e. The zero-order valence-corrected chi connectivity index (χ0v) is 12.3. The van der Waals surface area contributed by atoms with Crippen LogP contribution in [-0.4, -0.2) is 11.5 Å². The number of nitro groups is 1. The molecule has 1 aromatic rings. The average molecular weight is 264 g/mol. The van der Waals surface area contributed by atoms with Crippen molar-refractivity contribution in [2.24, 2.45) is 5.73 Å². The van der Waals surface area contributed by atoms with Gasteiger partial charge in [-0.15, -0.1) is 0 Å². The lowest BCUT2D eigenvalue weighted by Gasteiger charge is -2.22. The van der Waals surface area contributed by atoms with Crippen LogP contribution in [0.3, 0.4) is 0 Å². The molecule has 0 radical (unpaired) electrons. The highest BCUT2D eigenvalue weighted by atomic mass is 16.6. The van der Waals surface area contributed by atoms with Gasteiger partial charge in [0.1, 0.15) is 0 Å². The normalized spacial score (nSPS) is 11.6. The third-order valence-corrected chi connectivity index (χ3v) is 3.36. The summed E-state index contributed by atoms with van der Waals surface area (Å²) in [6.45, 7) is 8.76. The Morgan fingerprint density at radius 1 is 1.26 bits per heavy atom. The maximum absolute atomic E-state index is 11.2. The Bertz CT molecular complexity index is 462. The predicted octanol–water partition coefficient (Wildman–Crippen LogP) is 3.48. The van der Waals surface area contributed by atoms with Gasteiger partial charge >= 0.3 is 0 Å². The first kappa shape index (κ1) is 15.6. The molecule has 0 aliphatic rings. The highest BCUT2D eigenvalue weighted by Gasteiger charge is 2.23. The van der Waals surface area contributed by atoms with Gasteiger partial charge in [-0.25, -0.2) is 0 Å². The summed E-state index contributed by atoms with van der Waals surface area (Å²) in [6.07, 6.45) is 2.77. The van der Waals surface area contributed by atoms with Gasteiger partial charge in [-0.2, -0.15) is 0 Å². The number of nitro benzene ring substituents is 1. The lowest BCUT2D eigenvalue weighted by atomic mass is 9.82. The van der Waals surface area contributed by atoms with Crippen molar-refractivity contribution in [2.45, 2.75) is 52.4 Å². The van der Waals surface area contributed by atoms with Crippen LogP contribution in [0.4, 0.5) is 5.69 Å². The van der Waals surface area contributed by atoms with Crippen LogP contribution in [-0.2, 0) is 11.8 Å². The van der Waals surface area contributed by atoms with E-state index in [1.54, 1.807) is 6.07 Å². The lowest BCUT2D eigenvalue weighted by molar-refractivity contribution is -0.385. The van der Waals surface area contributed by atoms with Crippen LogP contribution in [0.2, 0.25) is 0 Å². The number of nitrogens with zero attached hydrogens (tertiary/aromatic N) is 1. The third-order valence-electron chi connectivity index (χ3n) is 3.36. The summed E-state index contributed by atoms with van der Waals surface area (Å²) < 4.78 is 0. The summed E-state index contributed by atoms with van der Waals surface area (Å²) in [5.41, 5.74) is 8.51. The van der Waals surface area contributed by atoms with Crippen molar-refractivity contribution in [3.63, 3.8) is 0 Å². The smallest absolute Gasteiger partial charge is 0.272 e. The first-order valence-corrected chi connectivity index (χ1v) is 6.76. The van der Waals surface area contributed by atoms with Gasteiger partial charge in [-0.05, 0) is 49.3 Å². The highest BCUT2D eigenvalue weighted by Crippen LogP contribution is 2.32. The van der Waals surface area contributed by atoms with Crippen molar-refractivity contribution >= 4 is 5.69 Å². The molecule has 0 saturated heterocycles. The van der Waals surface area contributed by atoms with Gasteiger partial charge in [0.25, 0.3) is 5.69 Å². The van der Waals surface area contributed by atoms with E-state index in [2.05, 4.69) is 26.8 Å². The molecule has 1 aromatic carbocycles. The monoisotopic (exact) mass is 264 g/mol. The average Bonchev–Trinajstić information content (AvgIpc) is 2.29. The van der Waals surface area contributed by atoms with E-state index in [0.29, 0.717) is 6.54 Å². The van der Waals surface area contributed by atoms with Gasteiger partial charge in [0, 0.05) is 11.6 Å². The van der Waals surface area contributed by atoms with E-state index in [-0.39, 0.29) is 16.0 Å². The zero-order chi connectivity index (χ0) is 14.6. The summed E-state index contributed by atoms with van der Waals surface area (Å²) in [7, 11) is 0. The fraction of sp³-hybridized carbons (Fsp3) is 0.600. The molecule has 0 fully saturated rings. The number of rotatable bonds is 5. The Morgan fingerprint density at radius 3 is 2.37 bits per heavy atom. The first-order chi connectivity index (χ1) is 8.77. The summed E-state index contributed by atoms with van der Waals surface area (Å²) >= 11 is 0. The van der Waals surface area contributed by atoms with Crippen molar-refractivity contribution in [1.82, 2.24) is 0 Å². The Balaban J connectivity index is 3.20. The molecule has 19 heavy (non-hydrogen) atoms.